The van der Waals surface area contributed by atoms with E-state index in [1.807, 2.05) is 0 Å². The van der Waals surface area contributed by atoms with Crippen molar-refractivity contribution in [2.75, 3.05) is 58.4 Å². The summed E-state index contributed by atoms with van der Waals surface area (Å²) in [6, 6.07) is 0.0446. The van der Waals surface area contributed by atoms with Crippen molar-refractivity contribution < 1.29 is 23.0 Å². The van der Waals surface area contributed by atoms with Crippen LogP contribution in [0.25, 0.3) is 10.9 Å². The zero-order chi connectivity index (χ0) is 26.7. The van der Waals surface area contributed by atoms with Gasteiger partial charge in [0, 0.05) is 51.8 Å². The minimum atomic E-state index is -0.879. The quantitative estimate of drug-likeness (QED) is 0.498. The first-order chi connectivity index (χ1) is 18.2. The Kier molecular flexibility index (Phi) is 6.49. The molecule has 38 heavy (non-hydrogen) atoms. The van der Waals surface area contributed by atoms with Gasteiger partial charge in [-0.1, -0.05) is 11.6 Å². The van der Waals surface area contributed by atoms with Gasteiger partial charge in [-0.2, -0.15) is 9.97 Å². The Morgan fingerprint density at radius 3 is 2.89 bits per heavy atom. The van der Waals surface area contributed by atoms with Crippen LogP contribution in [0.3, 0.4) is 0 Å². The lowest BCUT2D eigenvalue weighted by Gasteiger charge is -2.41. The number of nitrogens with zero attached hydrogens (tertiary/aromatic N) is 6. The van der Waals surface area contributed by atoms with Gasteiger partial charge < -0.3 is 19.3 Å². The van der Waals surface area contributed by atoms with Crippen LogP contribution < -0.4 is 9.64 Å². The Balaban J connectivity index is 1.31. The van der Waals surface area contributed by atoms with Gasteiger partial charge in [-0.05, 0) is 44.6 Å². The zero-order valence-corrected chi connectivity index (χ0v) is 22.5. The molecule has 2 aromatic rings. The molecule has 3 aliphatic heterocycles. The van der Waals surface area contributed by atoms with Gasteiger partial charge in [0.15, 0.2) is 11.0 Å². The topological polar surface area (TPSA) is 83.9 Å². The Labute approximate surface area is 225 Å². The molecule has 4 atom stereocenters. The molecule has 1 saturated carbocycles. The molecule has 12 heteroatoms. The molecule has 5 heterocycles. The summed E-state index contributed by atoms with van der Waals surface area (Å²) >= 11 is 6.02. The number of pyridine rings is 1. The smallest absolute Gasteiger partial charge is 0.409 e. The number of carbonyl (C=O) groups excluding carboxylic acids is 1. The van der Waals surface area contributed by atoms with Crippen LogP contribution in [-0.4, -0.2) is 96.0 Å². The van der Waals surface area contributed by atoms with E-state index >= 15 is 4.39 Å². The fraction of sp³-hybridized carbons (Fsp3) is 0.692. The average molecular weight is 551 g/mol. The van der Waals surface area contributed by atoms with Crippen molar-refractivity contribution in [3.05, 3.63) is 17.2 Å². The number of amides is 1. The van der Waals surface area contributed by atoms with E-state index in [-0.39, 0.29) is 40.3 Å². The molecule has 0 radical (unpaired) electrons. The fourth-order valence-corrected chi connectivity index (χ4v) is 7.18. The Bertz CT molecular complexity index is 1250. The first-order valence-corrected chi connectivity index (χ1v) is 13.7. The first kappa shape index (κ1) is 25.7. The van der Waals surface area contributed by atoms with Gasteiger partial charge in [0.25, 0.3) is 0 Å². The van der Waals surface area contributed by atoms with Gasteiger partial charge in [0.1, 0.15) is 30.7 Å². The average Bonchev–Trinajstić information content (AvgIpc) is 3.52. The van der Waals surface area contributed by atoms with Gasteiger partial charge in [0.2, 0.25) is 0 Å². The van der Waals surface area contributed by atoms with E-state index in [1.54, 1.807) is 14.1 Å². The van der Waals surface area contributed by atoms with Crippen LogP contribution in [0.15, 0.2) is 6.20 Å². The van der Waals surface area contributed by atoms with Crippen molar-refractivity contribution in [1.82, 2.24) is 24.8 Å². The highest BCUT2D eigenvalue weighted by molar-refractivity contribution is 6.30. The number of piperidine rings is 1. The number of alkyl halides is 1. The third-order valence-corrected chi connectivity index (χ3v) is 9.07. The normalized spacial score (nSPS) is 30.6. The third kappa shape index (κ3) is 4.51. The SMILES string of the molecule is CN(C)C(=O)OCC12CCC(CN(c3nc(OC[C@@]45CCCN4C[C@H](F)C5)nc4c(F)c(Cl)ncc34)C1)C2. The second-order valence-electron chi connectivity index (χ2n) is 11.8. The monoisotopic (exact) mass is 550 g/mol. The number of anilines is 1. The second-order valence-corrected chi connectivity index (χ2v) is 12.1. The molecule has 9 nitrogen and oxygen atoms in total. The molecule has 1 aliphatic carbocycles. The minimum Gasteiger partial charge on any atom is -0.461 e. The molecule has 2 bridgehead atoms. The highest BCUT2D eigenvalue weighted by Crippen LogP contribution is 2.48. The summed E-state index contributed by atoms with van der Waals surface area (Å²) in [5, 5.41) is 0.182. The summed E-state index contributed by atoms with van der Waals surface area (Å²) < 4.78 is 41.2. The largest absolute Gasteiger partial charge is 0.461 e. The van der Waals surface area contributed by atoms with Gasteiger partial charge in [-0.25, -0.2) is 18.6 Å². The predicted molar refractivity (Wildman–Crippen MR) is 138 cm³/mol. The lowest BCUT2D eigenvalue weighted by Crippen LogP contribution is -2.46. The van der Waals surface area contributed by atoms with Crippen LogP contribution in [0.1, 0.15) is 38.5 Å². The molecule has 4 aliphatic rings. The number of aromatic nitrogens is 3. The summed E-state index contributed by atoms with van der Waals surface area (Å²) in [7, 11) is 3.32. The second kappa shape index (κ2) is 9.59. The number of hydrogen-bond acceptors (Lipinski definition) is 8. The van der Waals surface area contributed by atoms with Gasteiger partial charge in [-0.3, -0.25) is 4.90 Å². The van der Waals surface area contributed by atoms with Crippen LogP contribution in [0, 0.1) is 17.2 Å². The van der Waals surface area contributed by atoms with Gasteiger partial charge in [-0.15, -0.1) is 0 Å². The third-order valence-electron chi connectivity index (χ3n) is 8.81. The van der Waals surface area contributed by atoms with Crippen LogP contribution >= 0.6 is 11.6 Å². The molecule has 1 amide bonds. The van der Waals surface area contributed by atoms with E-state index in [1.165, 1.54) is 11.1 Å². The van der Waals surface area contributed by atoms with E-state index in [9.17, 15) is 9.18 Å². The summed E-state index contributed by atoms with van der Waals surface area (Å²) in [5.74, 6) is 0.198. The predicted octanol–water partition coefficient (Wildman–Crippen LogP) is 4.08. The molecule has 0 spiro atoms. The number of ether oxygens (including phenoxy) is 2. The molecule has 0 aromatic carbocycles. The molecule has 3 saturated heterocycles. The Morgan fingerprint density at radius 1 is 1.24 bits per heavy atom. The zero-order valence-electron chi connectivity index (χ0n) is 21.8. The molecule has 206 valence electrons. The molecule has 6 rings (SSSR count). The molecular formula is C26H33ClF2N6O3. The van der Waals surface area contributed by atoms with E-state index in [0.29, 0.717) is 43.2 Å². The maximum absolute atomic E-state index is 15.2. The number of halogens is 3. The van der Waals surface area contributed by atoms with Crippen LogP contribution in [-0.2, 0) is 4.74 Å². The molecular weight excluding hydrogens is 518 g/mol. The van der Waals surface area contributed by atoms with Gasteiger partial charge >= 0.3 is 12.1 Å². The minimum absolute atomic E-state index is 0.0446. The van der Waals surface area contributed by atoms with Crippen LogP contribution in [0.5, 0.6) is 6.01 Å². The van der Waals surface area contributed by atoms with Gasteiger partial charge in [0.05, 0.1) is 10.9 Å². The van der Waals surface area contributed by atoms with Crippen molar-refractivity contribution in [2.24, 2.45) is 11.3 Å². The standard InChI is InChI=1S/C26H33ClF2N6O3/c1-33(2)24(36)38-14-25-6-4-16(8-25)11-34(13-25)22-18-10-30-21(27)19(29)20(18)31-23(32-22)37-15-26-5-3-7-35(26)12-17(28)9-26/h10,16-17H,3-9,11-15H2,1-2H3/t16?,17-,25?,26+/m1/s1. The maximum Gasteiger partial charge on any atom is 0.409 e. The lowest BCUT2D eigenvalue weighted by atomic mass is 9.82. The lowest BCUT2D eigenvalue weighted by molar-refractivity contribution is 0.0624. The Hall–Kier alpha value is -2.53. The van der Waals surface area contributed by atoms with E-state index in [2.05, 4.69) is 19.8 Å². The molecule has 0 N–H and O–H groups in total. The summed E-state index contributed by atoms with van der Waals surface area (Å²) in [6.07, 6.45) is 5.41. The Morgan fingerprint density at radius 2 is 2.08 bits per heavy atom. The highest BCUT2D eigenvalue weighted by atomic mass is 35.5. The number of rotatable bonds is 6. The summed E-state index contributed by atoms with van der Waals surface area (Å²) in [5.41, 5.74) is -0.544. The number of fused-ring (bicyclic) bond motifs is 4. The maximum atomic E-state index is 15.2. The fourth-order valence-electron chi connectivity index (χ4n) is 7.04. The van der Waals surface area contributed by atoms with E-state index in [4.69, 9.17) is 26.1 Å². The number of hydrogen-bond donors (Lipinski definition) is 0. The van der Waals surface area contributed by atoms with Crippen molar-refractivity contribution >= 4 is 34.4 Å². The summed E-state index contributed by atoms with van der Waals surface area (Å²) in [6.45, 7) is 3.15. The number of carbonyl (C=O) groups is 1. The first-order valence-electron chi connectivity index (χ1n) is 13.3. The molecule has 4 fully saturated rings. The van der Waals surface area contributed by atoms with Crippen molar-refractivity contribution in [3.8, 4) is 6.01 Å². The molecule has 2 aromatic heterocycles. The van der Waals surface area contributed by atoms with Crippen LogP contribution in [0.2, 0.25) is 5.15 Å². The van der Waals surface area contributed by atoms with Crippen molar-refractivity contribution in [2.45, 2.75) is 50.2 Å². The highest BCUT2D eigenvalue weighted by Gasteiger charge is 2.50. The molecule has 2 unspecified atom stereocenters. The summed E-state index contributed by atoms with van der Waals surface area (Å²) in [4.78, 5) is 31.0. The van der Waals surface area contributed by atoms with Crippen LogP contribution in [0.4, 0.5) is 19.4 Å². The van der Waals surface area contributed by atoms with E-state index < -0.39 is 12.0 Å². The van der Waals surface area contributed by atoms with Crippen molar-refractivity contribution in [3.63, 3.8) is 0 Å². The van der Waals surface area contributed by atoms with Crippen molar-refractivity contribution in [1.29, 1.82) is 0 Å². The van der Waals surface area contributed by atoms with E-state index in [0.717, 1.165) is 45.2 Å².